The molecule has 1 aromatic rings. The van der Waals surface area contributed by atoms with Gasteiger partial charge in [-0.1, -0.05) is 19.8 Å². The van der Waals surface area contributed by atoms with E-state index in [4.69, 9.17) is 4.99 Å². The molecule has 1 saturated carbocycles. The van der Waals surface area contributed by atoms with Gasteiger partial charge in [-0.15, -0.1) is 34.2 Å². The van der Waals surface area contributed by atoms with E-state index in [0.29, 0.717) is 12.0 Å². The largest absolute Gasteiger partial charge is 0.357 e. The summed E-state index contributed by atoms with van der Waals surface area (Å²) in [6.07, 6.45) is 7.40. The summed E-state index contributed by atoms with van der Waals surface area (Å²) in [5.41, 5.74) is 0. The van der Waals surface area contributed by atoms with Gasteiger partial charge in [0.15, 0.2) is 5.96 Å². The molecule has 25 heavy (non-hydrogen) atoms. The van der Waals surface area contributed by atoms with Crippen LogP contribution in [0.2, 0.25) is 0 Å². The number of aromatic nitrogens is 3. The first kappa shape index (κ1) is 20.5. The first-order valence-electron chi connectivity index (χ1n) is 9.59. The molecule has 0 saturated heterocycles. The maximum absolute atomic E-state index is 4.88. The van der Waals surface area contributed by atoms with Gasteiger partial charge in [0.1, 0.15) is 11.6 Å². The van der Waals surface area contributed by atoms with Gasteiger partial charge in [-0.3, -0.25) is 4.99 Å². The highest BCUT2D eigenvalue weighted by Gasteiger charge is 2.22. The molecule has 1 aliphatic heterocycles. The smallest absolute Gasteiger partial charge is 0.191 e. The van der Waals surface area contributed by atoms with Crippen molar-refractivity contribution < 1.29 is 0 Å². The van der Waals surface area contributed by atoms with Crippen molar-refractivity contribution in [3.63, 3.8) is 0 Å². The summed E-state index contributed by atoms with van der Waals surface area (Å²) in [5, 5.41) is 15.5. The Balaban J connectivity index is 0.00000225. The highest BCUT2D eigenvalue weighted by molar-refractivity contribution is 14.0. The molecule has 6 nitrogen and oxygen atoms in total. The van der Waals surface area contributed by atoms with E-state index in [9.17, 15) is 0 Å². The van der Waals surface area contributed by atoms with Gasteiger partial charge in [0.2, 0.25) is 0 Å². The summed E-state index contributed by atoms with van der Waals surface area (Å²) in [6.45, 7) is 9.31. The first-order valence-corrected chi connectivity index (χ1v) is 9.59. The van der Waals surface area contributed by atoms with Crippen LogP contribution in [0.4, 0.5) is 0 Å². The third-order valence-corrected chi connectivity index (χ3v) is 5.36. The topological polar surface area (TPSA) is 67.1 Å². The Kier molecular flexibility index (Phi) is 7.96. The molecule has 2 N–H and O–H groups in total. The summed E-state index contributed by atoms with van der Waals surface area (Å²) < 4.78 is 2.26. The first-order chi connectivity index (χ1) is 11.7. The molecule has 7 heteroatoms. The highest BCUT2D eigenvalue weighted by Crippen LogP contribution is 2.23. The third-order valence-electron chi connectivity index (χ3n) is 5.36. The molecular formula is C18H33IN6. The number of aryl methyl sites for hydroxylation is 2. The molecule has 2 aliphatic rings. The lowest BCUT2D eigenvalue weighted by Gasteiger charge is -2.29. The molecule has 0 radical (unpaired) electrons. The van der Waals surface area contributed by atoms with Gasteiger partial charge in [0.05, 0.1) is 0 Å². The predicted molar refractivity (Wildman–Crippen MR) is 113 cm³/mol. The standard InChI is InChI=1S/C18H32N6.HI/c1-4-19-18(21-16-7-5-6-13(2)10-16)20-11-15-8-9-17-23-22-14(3)24(17)12-15;/h13,15-16H,4-12H2,1-3H3,(H2,19,20,21);1H. The molecular weight excluding hydrogens is 427 g/mol. The summed E-state index contributed by atoms with van der Waals surface area (Å²) in [4.78, 5) is 4.88. The van der Waals surface area contributed by atoms with Crippen LogP contribution in [-0.2, 0) is 13.0 Å². The number of hydrogen-bond acceptors (Lipinski definition) is 3. The lowest BCUT2D eigenvalue weighted by molar-refractivity contribution is 0.323. The quantitative estimate of drug-likeness (QED) is 0.412. The molecule has 0 bridgehead atoms. The number of halogens is 1. The van der Waals surface area contributed by atoms with E-state index in [1.807, 2.05) is 6.92 Å². The van der Waals surface area contributed by atoms with Crippen molar-refractivity contribution in [3.8, 4) is 0 Å². The van der Waals surface area contributed by atoms with Crippen LogP contribution >= 0.6 is 24.0 Å². The van der Waals surface area contributed by atoms with E-state index < -0.39 is 0 Å². The van der Waals surface area contributed by atoms with Gasteiger partial charge in [0.25, 0.3) is 0 Å². The minimum Gasteiger partial charge on any atom is -0.357 e. The fourth-order valence-electron chi connectivity index (χ4n) is 3.98. The van der Waals surface area contributed by atoms with Crippen LogP contribution in [0, 0.1) is 18.8 Å². The van der Waals surface area contributed by atoms with Crippen molar-refractivity contribution in [2.45, 2.75) is 71.9 Å². The Morgan fingerprint density at radius 3 is 2.88 bits per heavy atom. The second kappa shape index (κ2) is 9.73. The zero-order valence-electron chi connectivity index (χ0n) is 15.8. The van der Waals surface area contributed by atoms with Crippen LogP contribution in [0.3, 0.4) is 0 Å². The lowest BCUT2D eigenvalue weighted by atomic mass is 9.87. The molecule has 3 rings (SSSR count). The normalized spacial score (nSPS) is 26.5. The van der Waals surface area contributed by atoms with Gasteiger partial charge < -0.3 is 15.2 Å². The molecule has 3 unspecified atom stereocenters. The van der Waals surface area contributed by atoms with E-state index in [-0.39, 0.29) is 24.0 Å². The van der Waals surface area contributed by atoms with Crippen molar-refractivity contribution in [2.75, 3.05) is 13.1 Å². The maximum Gasteiger partial charge on any atom is 0.191 e. The average molecular weight is 460 g/mol. The van der Waals surface area contributed by atoms with Crippen LogP contribution in [-0.4, -0.2) is 39.9 Å². The second-order valence-electron chi connectivity index (χ2n) is 7.51. The fraction of sp³-hybridized carbons (Fsp3) is 0.833. The molecule has 3 atom stereocenters. The molecule has 142 valence electrons. The Labute approximate surface area is 168 Å². The van der Waals surface area contributed by atoms with Gasteiger partial charge >= 0.3 is 0 Å². The van der Waals surface area contributed by atoms with E-state index in [1.165, 1.54) is 25.7 Å². The SMILES string of the molecule is CCNC(=NCC1CCc2nnc(C)n2C1)NC1CCCC(C)C1.I. The molecule has 0 spiro atoms. The van der Waals surface area contributed by atoms with Gasteiger partial charge in [0, 0.05) is 32.1 Å². The van der Waals surface area contributed by atoms with Crippen LogP contribution in [0.1, 0.15) is 57.6 Å². The highest BCUT2D eigenvalue weighted by atomic mass is 127. The van der Waals surface area contributed by atoms with Crippen LogP contribution in [0.5, 0.6) is 0 Å². The van der Waals surface area contributed by atoms with Crippen molar-refractivity contribution in [1.82, 2.24) is 25.4 Å². The summed E-state index contributed by atoms with van der Waals surface area (Å²) >= 11 is 0. The monoisotopic (exact) mass is 460 g/mol. The molecule has 0 amide bonds. The fourth-order valence-corrected chi connectivity index (χ4v) is 3.98. The number of guanidine groups is 1. The van der Waals surface area contributed by atoms with E-state index in [0.717, 1.165) is 56.0 Å². The van der Waals surface area contributed by atoms with Crippen molar-refractivity contribution in [3.05, 3.63) is 11.6 Å². The number of rotatable bonds is 4. The summed E-state index contributed by atoms with van der Waals surface area (Å²) in [7, 11) is 0. The number of hydrogen-bond donors (Lipinski definition) is 2. The van der Waals surface area contributed by atoms with Crippen LogP contribution in [0.15, 0.2) is 4.99 Å². The minimum absolute atomic E-state index is 0. The Bertz CT molecular complexity index is 570. The zero-order chi connectivity index (χ0) is 16.9. The van der Waals surface area contributed by atoms with E-state index >= 15 is 0 Å². The maximum atomic E-state index is 4.88. The molecule has 2 heterocycles. The van der Waals surface area contributed by atoms with E-state index in [1.54, 1.807) is 0 Å². The van der Waals surface area contributed by atoms with Crippen molar-refractivity contribution in [1.29, 1.82) is 0 Å². The molecule has 1 aromatic heterocycles. The second-order valence-corrected chi connectivity index (χ2v) is 7.51. The molecule has 1 fully saturated rings. The summed E-state index contributed by atoms with van der Waals surface area (Å²) in [5.74, 6) is 4.55. The lowest BCUT2D eigenvalue weighted by Crippen LogP contribution is -2.45. The number of nitrogens with zero attached hydrogens (tertiary/aromatic N) is 4. The van der Waals surface area contributed by atoms with Crippen LogP contribution in [0.25, 0.3) is 0 Å². The minimum atomic E-state index is 0. The van der Waals surface area contributed by atoms with Gasteiger partial charge in [-0.25, -0.2) is 0 Å². The Morgan fingerprint density at radius 2 is 2.12 bits per heavy atom. The average Bonchev–Trinajstić information content (AvgIpc) is 2.94. The van der Waals surface area contributed by atoms with E-state index in [2.05, 4.69) is 39.2 Å². The van der Waals surface area contributed by atoms with Crippen molar-refractivity contribution >= 4 is 29.9 Å². The van der Waals surface area contributed by atoms with Crippen molar-refractivity contribution in [2.24, 2.45) is 16.8 Å². The van der Waals surface area contributed by atoms with Gasteiger partial charge in [-0.2, -0.15) is 0 Å². The van der Waals surface area contributed by atoms with Gasteiger partial charge in [-0.05, 0) is 44.9 Å². The number of aliphatic imine (C=N–C) groups is 1. The van der Waals surface area contributed by atoms with Crippen LogP contribution < -0.4 is 10.6 Å². The number of nitrogens with one attached hydrogen (secondary N) is 2. The number of fused-ring (bicyclic) bond motifs is 1. The zero-order valence-corrected chi connectivity index (χ0v) is 18.1. The summed E-state index contributed by atoms with van der Waals surface area (Å²) in [6, 6.07) is 0.574. The molecule has 1 aliphatic carbocycles. The third kappa shape index (κ3) is 5.56. The Morgan fingerprint density at radius 1 is 1.28 bits per heavy atom. The molecule has 0 aromatic carbocycles. The Hall–Kier alpha value is -0.860. The predicted octanol–water partition coefficient (Wildman–Crippen LogP) is 2.90.